The molecule has 0 unspecified atom stereocenters. The third-order valence-corrected chi connectivity index (χ3v) is 4.96. The highest BCUT2D eigenvalue weighted by molar-refractivity contribution is 7.10. The molecule has 0 radical (unpaired) electrons. The molecular formula is C20H25N3O4S. The first-order valence-corrected chi connectivity index (χ1v) is 10.1. The minimum atomic E-state index is -0.518. The molecule has 0 atom stereocenters. The number of hydrogen-bond acceptors (Lipinski definition) is 6. The van der Waals surface area contributed by atoms with E-state index < -0.39 is 11.7 Å². The van der Waals surface area contributed by atoms with Crippen molar-refractivity contribution >= 4 is 35.7 Å². The van der Waals surface area contributed by atoms with Crippen LogP contribution in [-0.4, -0.2) is 51.7 Å². The topological polar surface area (TPSA) is 73.7 Å². The molecule has 3 heterocycles. The molecule has 8 heteroatoms. The molecule has 1 aliphatic heterocycles. The molecular weight excluding hydrogens is 378 g/mol. The van der Waals surface area contributed by atoms with Gasteiger partial charge in [-0.1, -0.05) is 6.07 Å². The Morgan fingerprint density at radius 2 is 1.93 bits per heavy atom. The molecule has 28 heavy (non-hydrogen) atoms. The van der Waals surface area contributed by atoms with Gasteiger partial charge in [0.25, 0.3) is 0 Å². The number of carbonyl (C=O) groups is 2. The number of likely N-dealkylation sites (tertiary alicyclic amines) is 1. The van der Waals surface area contributed by atoms with Gasteiger partial charge in [0.15, 0.2) is 0 Å². The fourth-order valence-electron chi connectivity index (χ4n) is 2.76. The van der Waals surface area contributed by atoms with Crippen molar-refractivity contribution in [3.63, 3.8) is 0 Å². The van der Waals surface area contributed by atoms with Crippen LogP contribution in [0.1, 0.15) is 44.2 Å². The Labute approximate surface area is 168 Å². The Hall–Kier alpha value is -2.61. The van der Waals surface area contributed by atoms with Gasteiger partial charge in [0.1, 0.15) is 11.7 Å². The molecule has 3 rings (SSSR count). The number of aromatic nitrogens is 2. The summed E-state index contributed by atoms with van der Waals surface area (Å²) in [5.74, 6) is 0. The Bertz CT molecular complexity index is 828. The van der Waals surface area contributed by atoms with E-state index in [1.807, 2.05) is 50.4 Å². The molecule has 1 fully saturated rings. The summed E-state index contributed by atoms with van der Waals surface area (Å²) in [6.07, 6.45) is 5.49. The molecule has 0 N–H and O–H groups in total. The molecule has 2 aromatic rings. The van der Waals surface area contributed by atoms with Gasteiger partial charge in [0.05, 0.1) is 5.69 Å². The lowest BCUT2D eigenvalue weighted by Gasteiger charge is -2.33. The van der Waals surface area contributed by atoms with Crippen LogP contribution in [0.25, 0.3) is 12.2 Å². The normalized spacial score (nSPS) is 15.8. The Morgan fingerprint density at radius 3 is 2.57 bits per heavy atom. The van der Waals surface area contributed by atoms with Gasteiger partial charge in [-0.05, 0) is 50.4 Å². The van der Waals surface area contributed by atoms with E-state index in [2.05, 4.69) is 5.10 Å². The van der Waals surface area contributed by atoms with Crippen LogP contribution < -0.4 is 0 Å². The van der Waals surface area contributed by atoms with E-state index in [0.29, 0.717) is 31.6 Å². The number of carbonyl (C=O) groups excluding carboxylic acids is 2. The van der Waals surface area contributed by atoms with Gasteiger partial charge in [0, 0.05) is 37.0 Å². The van der Waals surface area contributed by atoms with Crippen LogP contribution in [0.3, 0.4) is 0 Å². The zero-order valence-electron chi connectivity index (χ0n) is 16.3. The quantitative estimate of drug-likeness (QED) is 0.754. The molecule has 0 aromatic carbocycles. The van der Waals surface area contributed by atoms with Crippen LogP contribution in [0.5, 0.6) is 0 Å². The molecule has 2 aromatic heterocycles. The Balaban J connectivity index is 1.48. The number of piperidine rings is 1. The summed E-state index contributed by atoms with van der Waals surface area (Å²) in [6.45, 7) is 6.52. The number of ether oxygens (including phenoxy) is 2. The summed E-state index contributed by atoms with van der Waals surface area (Å²) < 4.78 is 12.1. The van der Waals surface area contributed by atoms with E-state index in [0.717, 1.165) is 4.88 Å². The van der Waals surface area contributed by atoms with Crippen LogP contribution >= 0.6 is 11.3 Å². The molecule has 1 amide bonds. The molecule has 0 aliphatic carbocycles. The third kappa shape index (κ3) is 5.69. The summed E-state index contributed by atoms with van der Waals surface area (Å²) in [5, 5.41) is 6.24. The van der Waals surface area contributed by atoms with Crippen LogP contribution in [-0.2, 0) is 9.47 Å². The molecule has 1 saturated heterocycles. The number of hydrogen-bond donors (Lipinski definition) is 0. The zero-order chi connectivity index (χ0) is 20.1. The third-order valence-electron chi connectivity index (χ3n) is 4.12. The van der Waals surface area contributed by atoms with Gasteiger partial charge in [-0.15, -0.1) is 11.3 Å². The number of thiophene rings is 1. The second kappa shape index (κ2) is 8.60. The largest absolute Gasteiger partial charge is 0.444 e. The fraction of sp³-hybridized carbons (Fsp3) is 0.450. The lowest BCUT2D eigenvalue weighted by atomic mass is 10.1. The maximum Gasteiger partial charge on any atom is 0.434 e. The van der Waals surface area contributed by atoms with E-state index in [1.54, 1.807) is 28.5 Å². The molecule has 150 valence electrons. The van der Waals surface area contributed by atoms with E-state index in [-0.39, 0.29) is 12.2 Å². The fourth-order valence-corrected chi connectivity index (χ4v) is 3.38. The second-order valence-corrected chi connectivity index (χ2v) is 8.56. The van der Waals surface area contributed by atoms with Crippen LogP contribution in [0.15, 0.2) is 29.8 Å². The minimum Gasteiger partial charge on any atom is -0.444 e. The highest BCUT2D eigenvalue weighted by Gasteiger charge is 2.28. The monoisotopic (exact) mass is 403 g/mol. The molecule has 0 saturated carbocycles. The van der Waals surface area contributed by atoms with Gasteiger partial charge in [-0.3, -0.25) is 0 Å². The van der Waals surface area contributed by atoms with Crippen LogP contribution in [0.2, 0.25) is 0 Å². The Morgan fingerprint density at radius 1 is 1.18 bits per heavy atom. The average molecular weight is 404 g/mol. The van der Waals surface area contributed by atoms with Gasteiger partial charge in [0.2, 0.25) is 0 Å². The highest BCUT2D eigenvalue weighted by Crippen LogP contribution is 2.18. The van der Waals surface area contributed by atoms with Crippen molar-refractivity contribution in [1.29, 1.82) is 0 Å². The predicted molar refractivity (Wildman–Crippen MR) is 108 cm³/mol. The van der Waals surface area contributed by atoms with Gasteiger partial charge in [-0.2, -0.15) is 9.78 Å². The lowest BCUT2D eigenvalue weighted by Crippen LogP contribution is -2.44. The summed E-state index contributed by atoms with van der Waals surface area (Å²) in [5.41, 5.74) is 0.168. The highest BCUT2D eigenvalue weighted by atomic mass is 32.1. The van der Waals surface area contributed by atoms with Crippen molar-refractivity contribution < 1.29 is 19.1 Å². The van der Waals surface area contributed by atoms with Crippen molar-refractivity contribution in [2.75, 3.05) is 13.1 Å². The molecule has 7 nitrogen and oxygen atoms in total. The standard InChI is InChI=1S/C20H25N3O4S/c1-20(2,3)27-18(24)22-11-9-16(10-12-22)26-19(25)23-13-8-15(21-23)6-7-17-5-4-14-28-17/h4-8,13-14,16H,9-12H2,1-3H3/b7-6+. The maximum absolute atomic E-state index is 12.3. The first kappa shape index (κ1) is 20.1. The Kier molecular flexibility index (Phi) is 6.18. The maximum atomic E-state index is 12.3. The zero-order valence-corrected chi connectivity index (χ0v) is 17.1. The summed E-state index contributed by atoms with van der Waals surface area (Å²) in [7, 11) is 0. The van der Waals surface area contributed by atoms with Crippen molar-refractivity contribution in [2.24, 2.45) is 0 Å². The SMILES string of the molecule is CC(C)(C)OC(=O)N1CCC(OC(=O)n2ccc(/C=C/c3cccs3)n2)CC1. The molecule has 0 spiro atoms. The smallest absolute Gasteiger partial charge is 0.434 e. The lowest BCUT2D eigenvalue weighted by molar-refractivity contribution is 0.00629. The minimum absolute atomic E-state index is 0.236. The van der Waals surface area contributed by atoms with Crippen molar-refractivity contribution in [2.45, 2.75) is 45.3 Å². The van der Waals surface area contributed by atoms with Crippen molar-refractivity contribution in [3.05, 3.63) is 40.3 Å². The average Bonchev–Trinajstić information content (AvgIpc) is 3.31. The van der Waals surface area contributed by atoms with E-state index in [4.69, 9.17) is 9.47 Å². The van der Waals surface area contributed by atoms with Gasteiger partial charge >= 0.3 is 12.2 Å². The van der Waals surface area contributed by atoms with Crippen LogP contribution in [0, 0.1) is 0 Å². The van der Waals surface area contributed by atoms with Gasteiger partial charge < -0.3 is 14.4 Å². The molecule has 1 aliphatic rings. The first-order chi connectivity index (χ1) is 13.3. The molecule has 0 bridgehead atoms. The summed E-state index contributed by atoms with van der Waals surface area (Å²) in [4.78, 5) is 27.2. The summed E-state index contributed by atoms with van der Waals surface area (Å²) in [6, 6.07) is 5.75. The number of amides is 1. The summed E-state index contributed by atoms with van der Waals surface area (Å²) >= 11 is 1.63. The van der Waals surface area contributed by atoms with Crippen LogP contribution in [0.4, 0.5) is 9.59 Å². The number of nitrogens with zero attached hydrogens (tertiary/aromatic N) is 3. The second-order valence-electron chi connectivity index (χ2n) is 7.58. The van der Waals surface area contributed by atoms with Gasteiger partial charge in [-0.25, -0.2) is 9.59 Å². The van der Waals surface area contributed by atoms with E-state index in [9.17, 15) is 9.59 Å². The van der Waals surface area contributed by atoms with Crippen molar-refractivity contribution in [3.8, 4) is 0 Å². The first-order valence-electron chi connectivity index (χ1n) is 9.26. The van der Waals surface area contributed by atoms with E-state index >= 15 is 0 Å². The number of rotatable bonds is 3. The predicted octanol–water partition coefficient (Wildman–Crippen LogP) is 4.50. The van der Waals surface area contributed by atoms with E-state index in [1.165, 1.54) is 4.68 Å². The van der Waals surface area contributed by atoms with Crippen molar-refractivity contribution in [1.82, 2.24) is 14.7 Å².